The molecule has 0 spiro atoms. The minimum Gasteiger partial charge on any atom is -0.507 e. The Kier molecular flexibility index (Phi) is 6.49. The van der Waals surface area contributed by atoms with Crippen molar-refractivity contribution in [3.05, 3.63) is 81.4 Å². The number of methoxy groups -OCH3 is 2. The highest BCUT2D eigenvalue weighted by Crippen LogP contribution is 2.46. The van der Waals surface area contributed by atoms with Gasteiger partial charge in [-0.2, -0.15) is 0 Å². The molecule has 1 amide bonds. The predicted octanol–water partition coefficient (Wildman–Crippen LogP) is 5.78. The number of hydrogen-bond acceptors (Lipinski definition) is 8. The van der Waals surface area contributed by atoms with Crippen molar-refractivity contribution in [2.75, 3.05) is 19.1 Å². The molecule has 1 fully saturated rings. The van der Waals surface area contributed by atoms with Crippen molar-refractivity contribution in [3.8, 4) is 11.5 Å². The smallest absolute Gasteiger partial charge is 0.301 e. The molecule has 1 unspecified atom stereocenters. The van der Waals surface area contributed by atoms with Gasteiger partial charge in [-0.25, -0.2) is 9.37 Å². The normalized spacial score (nSPS) is 17.0. The Morgan fingerprint density at radius 2 is 1.84 bits per heavy atom. The molecule has 0 bridgehead atoms. The summed E-state index contributed by atoms with van der Waals surface area (Å²) in [6, 6.07) is 9.19. The molecule has 1 aliphatic rings. The molecule has 0 aliphatic carbocycles. The van der Waals surface area contributed by atoms with Gasteiger partial charge >= 0.3 is 5.91 Å². The van der Waals surface area contributed by atoms with E-state index in [4.69, 9.17) is 32.7 Å². The number of aromatic nitrogens is 2. The lowest BCUT2D eigenvalue weighted by Crippen LogP contribution is -2.29. The van der Waals surface area contributed by atoms with Gasteiger partial charge in [0.1, 0.15) is 29.1 Å². The first kappa shape index (κ1) is 24.9. The lowest BCUT2D eigenvalue weighted by molar-refractivity contribution is -0.132. The van der Waals surface area contributed by atoms with E-state index in [2.05, 4.69) is 9.97 Å². The second-order valence-corrected chi connectivity index (χ2v) is 9.66. The molecule has 12 heteroatoms. The van der Waals surface area contributed by atoms with Gasteiger partial charge in [-0.1, -0.05) is 40.6 Å². The monoisotopic (exact) mass is 559 g/mol. The predicted molar refractivity (Wildman–Crippen MR) is 138 cm³/mol. The number of carbonyl (C=O) groups excluding carboxylic acids is 2. The Morgan fingerprint density at radius 1 is 1.08 bits per heavy atom. The van der Waals surface area contributed by atoms with Crippen LogP contribution in [0, 0.1) is 5.82 Å². The molecule has 1 aliphatic heterocycles. The number of aliphatic hydroxyl groups excluding tert-OH is 1. The number of hydrogen-bond donors (Lipinski definition) is 1. The van der Waals surface area contributed by atoms with Gasteiger partial charge in [0.2, 0.25) is 0 Å². The molecule has 0 radical (unpaired) electrons. The fourth-order valence-electron chi connectivity index (χ4n) is 4.05. The van der Waals surface area contributed by atoms with E-state index in [1.165, 1.54) is 44.7 Å². The van der Waals surface area contributed by atoms with Gasteiger partial charge in [0.15, 0.2) is 5.13 Å². The van der Waals surface area contributed by atoms with E-state index in [0.717, 1.165) is 16.2 Å². The zero-order valence-corrected chi connectivity index (χ0v) is 21.5. The summed E-state index contributed by atoms with van der Waals surface area (Å²) in [6.07, 6.45) is 1.49. The van der Waals surface area contributed by atoms with Crippen LogP contribution in [0.5, 0.6) is 11.5 Å². The highest BCUT2D eigenvalue weighted by atomic mass is 35.5. The lowest BCUT2D eigenvalue weighted by Gasteiger charge is -2.22. The molecule has 2 aromatic carbocycles. The highest BCUT2D eigenvalue weighted by Gasteiger charge is 2.49. The number of ether oxygens (including phenoxy) is 2. The third-order valence-electron chi connectivity index (χ3n) is 5.77. The van der Waals surface area contributed by atoms with E-state index >= 15 is 0 Å². The minimum atomic E-state index is -1.15. The molecule has 188 valence electrons. The molecule has 1 saturated heterocycles. The molecule has 2 aromatic heterocycles. The first-order valence-electron chi connectivity index (χ1n) is 10.6. The maximum absolute atomic E-state index is 14.1. The molecule has 37 heavy (non-hydrogen) atoms. The second kappa shape index (κ2) is 9.62. The van der Waals surface area contributed by atoms with Crippen LogP contribution in [0.15, 0.2) is 54.2 Å². The quantitative estimate of drug-likeness (QED) is 0.188. The van der Waals surface area contributed by atoms with E-state index in [9.17, 15) is 19.1 Å². The Labute approximate surface area is 223 Å². The van der Waals surface area contributed by atoms with E-state index in [1.54, 1.807) is 18.2 Å². The molecular formula is C25H16Cl2FN3O5S. The molecule has 4 aromatic rings. The van der Waals surface area contributed by atoms with Crippen molar-refractivity contribution < 1.29 is 28.6 Å². The summed E-state index contributed by atoms with van der Waals surface area (Å²) in [7, 11) is 2.80. The number of Topliss-reactive ketones (excluding diaryl/α,β-unsaturated/α-hetero) is 1. The summed E-state index contributed by atoms with van der Waals surface area (Å²) >= 11 is 13.2. The van der Waals surface area contributed by atoms with Crippen molar-refractivity contribution in [1.82, 2.24) is 9.97 Å². The molecule has 3 heterocycles. The number of ketones is 1. The topological polar surface area (TPSA) is 102 Å². The van der Waals surface area contributed by atoms with Gasteiger partial charge in [0, 0.05) is 12.3 Å². The van der Waals surface area contributed by atoms with Crippen molar-refractivity contribution in [1.29, 1.82) is 0 Å². The summed E-state index contributed by atoms with van der Waals surface area (Å²) in [5, 5.41) is 11.5. The Hall–Kier alpha value is -3.73. The number of benzene rings is 2. The van der Waals surface area contributed by atoms with Crippen LogP contribution in [0.4, 0.5) is 9.52 Å². The SMILES string of the molecule is COc1cc(OC)c(/C(O)=C2\C(=O)C(=O)N(c3nc4cc(Cl)c(F)cc4s3)C2c2ccccn2)cc1Cl. The minimum absolute atomic E-state index is 0.0744. The number of pyridine rings is 1. The van der Waals surface area contributed by atoms with Crippen LogP contribution in [0.2, 0.25) is 10.0 Å². The third-order valence-corrected chi connectivity index (χ3v) is 7.37. The third kappa shape index (κ3) is 4.16. The summed E-state index contributed by atoms with van der Waals surface area (Å²) < 4.78 is 25.1. The average Bonchev–Trinajstić information content (AvgIpc) is 3.41. The highest BCUT2D eigenvalue weighted by molar-refractivity contribution is 7.22. The molecular weight excluding hydrogens is 544 g/mol. The standard InChI is InChI=1S/C25H16Cl2FN3O5S/c1-35-17-10-18(36-2)13(27)7-11(17)22(32)20-21(15-5-3-4-6-29-15)31(24(34)23(20)33)25-30-16-8-12(26)14(28)9-19(16)37-25/h3-10,21,32H,1-2H3/b22-20+. The van der Waals surface area contributed by atoms with E-state index < -0.39 is 29.3 Å². The van der Waals surface area contributed by atoms with Crippen LogP contribution < -0.4 is 14.4 Å². The number of amides is 1. The molecule has 0 saturated carbocycles. The molecule has 8 nitrogen and oxygen atoms in total. The van der Waals surface area contributed by atoms with Gasteiger partial charge in [-0.05, 0) is 30.3 Å². The number of nitrogens with zero attached hydrogens (tertiary/aromatic N) is 3. The Morgan fingerprint density at radius 3 is 2.51 bits per heavy atom. The van der Waals surface area contributed by atoms with Crippen LogP contribution in [-0.4, -0.2) is 41.0 Å². The average molecular weight is 560 g/mol. The number of halogens is 3. The van der Waals surface area contributed by atoms with E-state index in [0.29, 0.717) is 15.9 Å². The zero-order valence-electron chi connectivity index (χ0n) is 19.2. The number of rotatable bonds is 5. The van der Waals surface area contributed by atoms with Gasteiger partial charge in [-0.15, -0.1) is 0 Å². The number of aliphatic hydroxyl groups is 1. The summed E-state index contributed by atoms with van der Waals surface area (Å²) in [4.78, 5) is 36.6. The molecule has 5 rings (SSSR count). The fraction of sp³-hybridized carbons (Fsp3) is 0.120. The van der Waals surface area contributed by atoms with Crippen LogP contribution >= 0.6 is 34.5 Å². The van der Waals surface area contributed by atoms with Crippen molar-refractivity contribution in [2.45, 2.75) is 6.04 Å². The Bertz CT molecular complexity index is 1570. The first-order valence-corrected chi connectivity index (χ1v) is 12.2. The summed E-state index contributed by atoms with van der Waals surface area (Å²) in [5.74, 6) is -2.62. The Balaban J connectivity index is 1.75. The van der Waals surface area contributed by atoms with Crippen molar-refractivity contribution in [2.24, 2.45) is 0 Å². The van der Waals surface area contributed by atoms with Crippen molar-refractivity contribution >= 4 is 67.3 Å². The van der Waals surface area contributed by atoms with Crippen LogP contribution in [0.1, 0.15) is 17.3 Å². The fourth-order valence-corrected chi connectivity index (χ4v) is 5.45. The first-order chi connectivity index (χ1) is 17.7. The van der Waals surface area contributed by atoms with Crippen LogP contribution in [0.25, 0.3) is 16.0 Å². The van der Waals surface area contributed by atoms with Gasteiger partial charge in [0.25, 0.3) is 5.78 Å². The van der Waals surface area contributed by atoms with Gasteiger partial charge in [-0.3, -0.25) is 19.5 Å². The number of thiazole rings is 1. The zero-order chi connectivity index (χ0) is 26.4. The van der Waals surface area contributed by atoms with E-state index in [1.807, 2.05) is 0 Å². The van der Waals surface area contributed by atoms with Gasteiger partial charge < -0.3 is 14.6 Å². The number of carbonyl (C=O) groups is 2. The van der Waals surface area contributed by atoms with Crippen LogP contribution in [-0.2, 0) is 9.59 Å². The van der Waals surface area contributed by atoms with Crippen molar-refractivity contribution in [3.63, 3.8) is 0 Å². The molecule has 1 N–H and O–H groups in total. The molecule has 1 atom stereocenters. The summed E-state index contributed by atoms with van der Waals surface area (Å²) in [5.41, 5.74) is 0.471. The number of anilines is 1. The largest absolute Gasteiger partial charge is 0.507 e. The maximum atomic E-state index is 14.1. The summed E-state index contributed by atoms with van der Waals surface area (Å²) in [6.45, 7) is 0. The van der Waals surface area contributed by atoms with Crippen LogP contribution in [0.3, 0.4) is 0 Å². The second-order valence-electron chi connectivity index (χ2n) is 7.84. The maximum Gasteiger partial charge on any atom is 0.301 e. The van der Waals surface area contributed by atoms with Gasteiger partial charge in [0.05, 0.1) is 51.3 Å². The number of fused-ring (bicyclic) bond motifs is 1. The van der Waals surface area contributed by atoms with E-state index in [-0.39, 0.29) is 37.8 Å². The lowest BCUT2D eigenvalue weighted by atomic mass is 9.98.